The summed E-state index contributed by atoms with van der Waals surface area (Å²) in [7, 11) is 3.14. The number of imide groups is 1. The second-order valence-corrected chi connectivity index (χ2v) is 10.0. The number of nitrogens with one attached hydrogen (secondary N) is 1. The van der Waals surface area contributed by atoms with Crippen LogP contribution in [0.1, 0.15) is 24.0 Å². The fraction of sp³-hybridized carbons (Fsp3) is 0.423. The highest BCUT2D eigenvalue weighted by atomic mass is 35.5. The molecule has 0 aromatic heterocycles. The Bertz CT molecular complexity index is 1270. The van der Waals surface area contributed by atoms with Gasteiger partial charge in [-0.05, 0) is 61.7 Å². The van der Waals surface area contributed by atoms with Gasteiger partial charge in [-0.15, -0.1) is 0 Å². The number of rotatable bonds is 5. The molecule has 4 unspecified atom stereocenters. The minimum atomic E-state index is -1.20. The van der Waals surface area contributed by atoms with Crippen LogP contribution in [-0.2, 0) is 26.3 Å². The Kier molecular flexibility index (Phi) is 5.09. The summed E-state index contributed by atoms with van der Waals surface area (Å²) in [6, 6.07) is 10.7. The lowest BCUT2D eigenvalue weighted by molar-refractivity contribution is -0.145. The summed E-state index contributed by atoms with van der Waals surface area (Å²) in [4.78, 5) is 44.7. The monoisotopic (exact) mass is 495 g/mol. The highest BCUT2D eigenvalue weighted by Crippen LogP contribution is 2.60. The standard InChI is InChI=1S/C26H26ClN3O5/c1-34-19-8-5-14(12-20(19)35-2)9-11-29-23(31)21-18-4-3-10-30(18)26(22(21)24(29)32)16-13-15(27)6-7-17(16)28-25(26)33/h5-8,12-13,18,21-22H,3-4,9-11H2,1-2H3,(H,28,33). The number of ether oxygens (including phenoxy) is 2. The molecule has 3 amide bonds. The van der Waals surface area contributed by atoms with E-state index in [2.05, 4.69) is 10.2 Å². The topological polar surface area (TPSA) is 88.2 Å². The zero-order valence-electron chi connectivity index (χ0n) is 19.5. The van der Waals surface area contributed by atoms with Crippen molar-refractivity contribution < 1.29 is 23.9 Å². The number of likely N-dealkylation sites (tertiary alicyclic amines) is 1. The van der Waals surface area contributed by atoms with Crippen molar-refractivity contribution in [2.24, 2.45) is 11.8 Å². The maximum atomic E-state index is 13.9. The number of amides is 3. The molecule has 4 aliphatic rings. The number of carbonyl (C=O) groups is 3. The maximum Gasteiger partial charge on any atom is 0.250 e. The van der Waals surface area contributed by atoms with E-state index in [4.69, 9.17) is 21.1 Å². The van der Waals surface area contributed by atoms with E-state index >= 15 is 0 Å². The second-order valence-electron chi connectivity index (χ2n) is 9.58. The van der Waals surface area contributed by atoms with Crippen molar-refractivity contribution in [1.29, 1.82) is 0 Å². The third-order valence-corrected chi connectivity index (χ3v) is 8.35. The van der Waals surface area contributed by atoms with Gasteiger partial charge in [0, 0.05) is 28.9 Å². The molecule has 8 nitrogen and oxygen atoms in total. The van der Waals surface area contributed by atoms with Crippen LogP contribution in [0, 0.1) is 11.8 Å². The lowest BCUT2D eigenvalue weighted by Crippen LogP contribution is -2.54. The molecule has 4 atom stereocenters. The largest absolute Gasteiger partial charge is 0.493 e. The van der Waals surface area contributed by atoms with Crippen LogP contribution in [0.4, 0.5) is 5.69 Å². The van der Waals surface area contributed by atoms with Gasteiger partial charge in [0.15, 0.2) is 11.5 Å². The van der Waals surface area contributed by atoms with E-state index in [9.17, 15) is 14.4 Å². The molecule has 3 saturated heterocycles. The summed E-state index contributed by atoms with van der Waals surface area (Å²) in [5, 5.41) is 3.47. The van der Waals surface area contributed by atoms with Crippen LogP contribution in [0.15, 0.2) is 36.4 Å². The molecule has 9 heteroatoms. The van der Waals surface area contributed by atoms with Crippen LogP contribution in [0.25, 0.3) is 0 Å². The molecule has 0 bridgehead atoms. The average molecular weight is 496 g/mol. The Morgan fingerprint density at radius 2 is 1.86 bits per heavy atom. The molecule has 0 radical (unpaired) electrons. The zero-order valence-corrected chi connectivity index (χ0v) is 20.3. The number of hydrogen-bond donors (Lipinski definition) is 1. The van der Waals surface area contributed by atoms with Crippen LogP contribution in [0.5, 0.6) is 11.5 Å². The molecule has 3 fully saturated rings. The average Bonchev–Trinajstić information content (AvgIpc) is 3.56. The first-order valence-corrected chi connectivity index (χ1v) is 12.2. The van der Waals surface area contributed by atoms with Gasteiger partial charge in [0.2, 0.25) is 17.7 Å². The van der Waals surface area contributed by atoms with E-state index < -0.39 is 17.4 Å². The van der Waals surface area contributed by atoms with Crippen molar-refractivity contribution in [3.63, 3.8) is 0 Å². The highest BCUT2D eigenvalue weighted by molar-refractivity contribution is 6.31. The Balaban J connectivity index is 1.35. The molecule has 1 spiro atoms. The Labute approximate surface area is 208 Å². The molecule has 182 valence electrons. The number of halogens is 1. The van der Waals surface area contributed by atoms with Crippen molar-refractivity contribution in [1.82, 2.24) is 9.80 Å². The summed E-state index contributed by atoms with van der Waals surface area (Å²) in [5.41, 5.74) is 1.09. The van der Waals surface area contributed by atoms with Gasteiger partial charge in [-0.2, -0.15) is 0 Å². The van der Waals surface area contributed by atoms with Crippen LogP contribution < -0.4 is 14.8 Å². The molecule has 0 saturated carbocycles. The van der Waals surface area contributed by atoms with Crippen molar-refractivity contribution in [2.75, 3.05) is 32.6 Å². The highest BCUT2D eigenvalue weighted by Gasteiger charge is 2.74. The van der Waals surface area contributed by atoms with E-state index in [1.807, 2.05) is 18.2 Å². The minimum Gasteiger partial charge on any atom is -0.493 e. The van der Waals surface area contributed by atoms with Gasteiger partial charge in [-0.3, -0.25) is 24.2 Å². The summed E-state index contributed by atoms with van der Waals surface area (Å²) in [6.07, 6.45) is 2.15. The second kappa shape index (κ2) is 7.96. The third-order valence-electron chi connectivity index (χ3n) is 8.12. The molecule has 2 aromatic carbocycles. The number of methoxy groups -OCH3 is 2. The van der Waals surface area contributed by atoms with E-state index in [1.54, 1.807) is 32.4 Å². The quantitative estimate of drug-likeness (QED) is 0.642. The summed E-state index contributed by atoms with van der Waals surface area (Å²) >= 11 is 6.34. The Hall–Kier alpha value is -3.10. The van der Waals surface area contributed by atoms with Gasteiger partial charge in [-0.25, -0.2) is 0 Å². The van der Waals surface area contributed by atoms with Crippen molar-refractivity contribution in [3.8, 4) is 11.5 Å². The fourth-order valence-corrected chi connectivity index (χ4v) is 6.90. The van der Waals surface area contributed by atoms with Crippen LogP contribution in [-0.4, -0.2) is 60.9 Å². The first-order chi connectivity index (χ1) is 16.9. The summed E-state index contributed by atoms with van der Waals surface area (Å²) in [5.74, 6) is -0.784. The molecule has 6 rings (SSSR count). The van der Waals surface area contributed by atoms with E-state index in [1.165, 1.54) is 4.90 Å². The summed E-state index contributed by atoms with van der Waals surface area (Å²) < 4.78 is 10.7. The van der Waals surface area contributed by atoms with E-state index in [0.29, 0.717) is 40.7 Å². The summed E-state index contributed by atoms with van der Waals surface area (Å²) in [6.45, 7) is 0.913. The van der Waals surface area contributed by atoms with Gasteiger partial charge in [0.25, 0.3) is 0 Å². The number of nitrogens with zero attached hydrogens (tertiary/aromatic N) is 2. The Morgan fingerprint density at radius 3 is 2.63 bits per heavy atom. The Morgan fingerprint density at radius 1 is 1.06 bits per heavy atom. The van der Waals surface area contributed by atoms with E-state index in [-0.39, 0.29) is 30.3 Å². The van der Waals surface area contributed by atoms with Crippen LogP contribution in [0.2, 0.25) is 5.02 Å². The third kappa shape index (κ3) is 2.93. The van der Waals surface area contributed by atoms with Crippen molar-refractivity contribution >= 4 is 35.0 Å². The smallest absolute Gasteiger partial charge is 0.250 e. The van der Waals surface area contributed by atoms with Crippen LogP contribution in [0.3, 0.4) is 0 Å². The molecule has 35 heavy (non-hydrogen) atoms. The molecular formula is C26H26ClN3O5. The molecule has 4 aliphatic heterocycles. The normalized spacial score (nSPS) is 28.9. The molecule has 4 heterocycles. The molecular weight excluding hydrogens is 470 g/mol. The number of hydrogen-bond acceptors (Lipinski definition) is 6. The van der Waals surface area contributed by atoms with Gasteiger partial charge in [0.1, 0.15) is 5.54 Å². The first kappa shape index (κ1) is 22.4. The molecule has 2 aromatic rings. The molecule has 1 N–H and O–H groups in total. The van der Waals surface area contributed by atoms with Gasteiger partial charge >= 0.3 is 0 Å². The predicted octanol–water partition coefficient (Wildman–Crippen LogP) is 2.83. The lowest BCUT2D eigenvalue weighted by Gasteiger charge is -2.36. The SMILES string of the molecule is COc1ccc(CCN2C(=O)C3C4CCCN4C4(C(=O)Nc5ccc(Cl)cc54)C3C2=O)cc1OC. The minimum absolute atomic E-state index is 0.141. The number of anilines is 1. The van der Waals surface area contributed by atoms with Crippen LogP contribution >= 0.6 is 11.6 Å². The fourth-order valence-electron chi connectivity index (χ4n) is 6.73. The lowest BCUT2D eigenvalue weighted by atomic mass is 9.75. The van der Waals surface area contributed by atoms with E-state index in [0.717, 1.165) is 18.4 Å². The first-order valence-electron chi connectivity index (χ1n) is 11.9. The van der Waals surface area contributed by atoms with Gasteiger partial charge < -0.3 is 14.8 Å². The number of fused-ring (bicyclic) bond motifs is 7. The van der Waals surface area contributed by atoms with Gasteiger partial charge in [0.05, 0.1) is 26.1 Å². The number of carbonyl (C=O) groups excluding carboxylic acids is 3. The van der Waals surface area contributed by atoms with Crippen molar-refractivity contribution in [2.45, 2.75) is 30.8 Å². The molecule has 0 aliphatic carbocycles. The number of benzene rings is 2. The maximum absolute atomic E-state index is 13.9. The zero-order chi connectivity index (χ0) is 24.5. The predicted molar refractivity (Wildman–Crippen MR) is 128 cm³/mol. The van der Waals surface area contributed by atoms with Crippen molar-refractivity contribution in [3.05, 3.63) is 52.5 Å². The van der Waals surface area contributed by atoms with Gasteiger partial charge in [-0.1, -0.05) is 17.7 Å².